The van der Waals surface area contributed by atoms with Crippen LogP contribution in [-0.2, 0) is 9.47 Å². The molecule has 0 bridgehead atoms. The van der Waals surface area contributed by atoms with Crippen LogP contribution in [0.25, 0.3) is 0 Å². The maximum atomic E-state index is 5.20. The van der Waals surface area contributed by atoms with Gasteiger partial charge in [0.05, 0.1) is 19.3 Å². The van der Waals surface area contributed by atoms with Gasteiger partial charge < -0.3 is 14.8 Å². The Labute approximate surface area is 68.1 Å². The summed E-state index contributed by atoms with van der Waals surface area (Å²) < 4.78 is 10.2. The van der Waals surface area contributed by atoms with Gasteiger partial charge in [-0.2, -0.15) is 0 Å². The van der Waals surface area contributed by atoms with Crippen molar-refractivity contribution in [1.29, 1.82) is 0 Å². The van der Waals surface area contributed by atoms with Crippen LogP contribution in [0.15, 0.2) is 0 Å². The van der Waals surface area contributed by atoms with Crippen molar-refractivity contribution in [2.45, 2.75) is 19.4 Å². The van der Waals surface area contributed by atoms with E-state index in [1.807, 2.05) is 6.92 Å². The molecule has 66 valence electrons. The predicted octanol–water partition coefficient (Wildman–Crippen LogP) is 0.401. The van der Waals surface area contributed by atoms with Crippen LogP contribution in [0.4, 0.5) is 0 Å². The molecule has 0 aliphatic carbocycles. The number of hydrogen-bond acceptors (Lipinski definition) is 3. The summed E-state index contributed by atoms with van der Waals surface area (Å²) in [5, 5.41) is 3.37. The maximum Gasteiger partial charge on any atom is 0.0643 e. The molecule has 0 atom stereocenters. The Hall–Kier alpha value is -0.120. The molecule has 0 spiro atoms. The summed E-state index contributed by atoms with van der Waals surface area (Å²) in [6.07, 6.45) is 1.10. The molecule has 0 amide bonds. The first kappa shape index (κ1) is 8.97. The SMILES string of the molecule is CCOCCCNC1COC1. The van der Waals surface area contributed by atoms with Crippen LogP contribution in [-0.4, -0.2) is 39.0 Å². The normalized spacial score (nSPS) is 18.3. The average Bonchev–Trinajstić information content (AvgIpc) is 1.93. The molecular weight excluding hydrogens is 142 g/mol. The highest BCUT2D eigenvalue weighted by Crippen LogP contribution is 1.98. The zero-order valence-electron chi connectivity index (χ0n) is 7.14. The van der Waals surface area contributed by atoms with Gasteiger partial charge in [0.2, 0.25) is 0 Å². The fourth-order valence-electron chi connectivity index (χ4n) is 0.978. The molecule has 1 heterocycles. The number of nitrogens with one attached hydrogen (secondary N) is 1. The third-order valence-electron chi connectivity index (χ3n) is 1.74. The second kappa shape index (κ2) is 5.52. The predicted molar refractivity (Wildman–Crippen MR) is 43.7 cm³/mol. The molecule has 11 heavy (non-hydrogen) atoms. The summed E-state index contributed by atoms with van der Waals surface area (Å²) >= 11 is 0. The molecule has 1 aliphatic rings. The lowest BCUT2D eigenvalue weighted by molar-refractivity contribution is -0.00573. The van der Waals surface area contributed by atoms with E-state index < -0.39 is 0 Å². The van der Waals surface area contributed by atoms with Crippen molar-refractivity contribution in [1.82, 2.24) is 5.32 Å². The van der Waals surface area contributed by atoms with E-state index in [0.717, 1.165) is 39.4 Å². The Balaban J connectivity index is 1.73. The van der Waals surface area contributed by atoms with Crippen LogP contribution >= 0.6 is 0 Å². The Bertz CT molecular complexity index is 94.1. The van der Waals surface area contributed by atoms with Crippen molar-refractivity contribution < 1.29 is 9.47 Å². The smallest absolute Gasteiger partial charge is 0.0643 e. The number of hydrogen-bond donors (Lipinski definition) is 1. The van der Waals surface area contributed by atoms with Crippen LogP contribution in [0.1, 0.15) is 13.3 Å². The number of rotatable bonds is 6. The second-order valence-corrected chi connectivity index (χ2v) is 2.74. The van der Waals surface area contributed by atoms with Gasteiger partial charge in [0.1, 0.15) is 0 Å². The maximum absolute atomic E-state index is 5.20. The van der Waals surface area contributed by atoms with E-state index >= 15 is 0 Å². The van der Waals surface area contributed by atoms with Crippen molar-refractivity contribution in [2.75, 3.05) is 33.0 Å². The van der Waals surface area contributed by atoms with Crippen molar-refractivity contribution in [3.63, 3.8) is 0 Å². The van der Waals surface area contributed by atoms with Crippen LogP contribution < -0.4 is 5.32 Å². The van der Waals surface area contributed by atoms with E-state index in [9.17, 15) is 0 Å². The van der Waals surface area contributed by atoms with Gasteiger partial charge in [0.15, 0.2) is 0 Å². The summed E-state index contributed by atoms with van der Waals surface area (Å²) in [5.41, 5.74) is 0. The molecule has 1 aliphatic heterocycles. The molecule has 0 aromatic heterocycles. The van der Waals surface area contributed by atoms with Gasteiger partial charge in [-0.3, -0.25) is 0 Å². The van der Waals surface area contributed by atoms with E-state index in [0.29, 0.717) is 6.04 Å². The lowest BCUT2D eigenvalue weighted by atomic mass is 10.2. The summed E-state index contributed by atoms with van der Waals surface area (Å²) in [4.78, 5) is 0. The molecule has 0 radical (unpaired) electrons. The van der Waals surface area contributed by atoms with Gasteiger partial charge in [-0.15, -0.1) is 0 Å². The van der Waals surface area contributed by atoms with Crippen molar-refractivity contribution in [3.8, 4) is 0 Å². The molecule has 1 N–H and O–H groups in total. The quantitative estimate of drug-likeness (QED) is 0.569. The topological polar surface area (TPSA) is 30.5 Å². The molecule has 1 rings (SSSR count). The van der Waals surface area contributed by atoms with Gasteiger partial charge in [0.25, 0.3) is 0 Å². The molecule has 3 heteroatoms. The van der Waals surface area contributed by atoms with E-state index in [1.54, 1.807) is 0 Å². The van der Waals surface area contributed by atoms with Gasteiger partial charge in [-0.25, -0.2) is 0 Å². The third-order valence-corrected chi connectivity index (χ3v) is 1.74. The van der Waals surface area contributed by atoms with Crippen LogP contribution in [0, 0.1) is 0 Å². The largest absolute Gasteiger partial charge is 0.382 e. The Morgan fingerprint density at radius 2 is 2.36 bits per heavy atom. The van der Waals surface area contributed by atoms with Crippen LogP contribution in [0.5, 0.6) is 0 Å². The van der Waals surface area contributed by atoms with Gasteiger partial charge in [-0.1, -0.05) is 0 Å². The molecule has 0 aromatic rings. The van der Waals surface area contributed by atoms with Gasteiger partial charge in [0, 0.05) is 13.2 Å². The van der Waals surface area contributed by atoms with E-state index in [4.69, 9.17) is 9.47 Å². The Morgan fingerprint density at radius 1 is 1.55 bits per heavy atom. The van der Waals surface area contributed by atoms with E-state index in [-0.39, 0.29) is 0 Å². The fourth-order valence-corrected chi connectivity index (χ4v) is 0.978. The molecule has 0 saturated carbocycles. The van der Waals surface area contributed by atoms with Crippen molar-refractivity contribution in [3.05, 3.63) is 0 Å². The van der Waals surface area contributed by atoms with Gasteiger partial charge in [-0.05, 0) is 19.9 Å². The molecule has 0 aromatic carbocycles. The first-order chi connectivity index (χ1) is 5.43. The monoisotopic (exact) mass is 159 g/mol. The minimum atomic E-state index is 0.608. The standard InChI is InChI=1S/C8H17NO2/c1-2-10-5-3-4-9-8-6-11-7-8/h8-9H,2-7H2,1H3. The highest BCUT2D eigenvalue weighted by atomic mass is 16.5. The fraction of sp³-hybridized carbons (Fsp3) is 1.00. The minimum absolute atomic E-state index is 0.608. The second-order valence-electron chi connectivity index (χ2n) is 2.74. The highest BCUT2D eigenvalue weighted by molar-refractivity contribution is 4.72. The Kier molecular flexibility index (Phi) is 4.50. The molecule has 0 unspecified atom stereocenters. The van der Waals surface area contributed by atoms with Crippen molar-refractivity contribution >= 4 is 0 Å². The summed E-state index contributed by atoms with van der Waals surface area (Å²) in [5.74, 6) is 0. The Morgan fingerprint density at radius 3 is 2.91 bits per heavy atom. The zero-order chi connectivity index (χ0) is 7.94. The van der Waals surface area contributed by atoms with Gasteiger partial charge >= 0.3 is 0 Å². The average molecular weight is 159 g/mol. The molecule has 1 saturated heterocycles. The molecular formula is C8H17NO2. The lowest BCUT2D eigenvalue weighted by Gasteiger charge is -2.26. The van der Waals surface area contributed by atoms with E-state index in [2.05, 4.69) is 5.32 Å². The zero-order valence-corrected chi connectivity index (χ0v) is 7.14. The summed E-state index contributed by atoms with van der Waals surface area (Å²) in [6, 6.07) is 0.608. The van der Waals surface area contributed by atoms with Crippen molar-refractivity contribution in [2.24, 2.45) is 0 Å². The molecule has 1 fully saturated rings. The first-order valence-corrected chi connectivity index (χ1v) is 4.32. The minimum Gasteiger partial charge on any atom is -0.382 e. The third kappa shape index (κ3) is 3.70. The summed E-state index contributed by atoms with van der Waals surface area (Å²) in [7, 11) is 0. The first-order valence-electron chi connectivity index (χ1n) is 4.32. The molecule has 3 nitrogen and oxygen atoms in total. The summed E-state index contributed by atoms with van der Waals surface area (Å²) in [6.45, 7) is 6.54. The number of ether oxygens (including phenoxy) is 2. The lowest BCUT2D eigenvalue weighted by Crippen LogP contribution is -2.46. The highest BCUT2D eigenvalue weighted by Gasteiger charge is 2.16. The van der Waals surface area contributed by atoms with Crippen LogP contribution in [0.3, 0.4) is 0 Å². The van der Waals surface area contributed by atoms with Crippen LogP contribution in [0.2, 0.25) is 0 Å². The van der Waals surface area contributed by atoms with E-state index in [1.165, 1.54) is 0 Å².